The third-order valence-electron chi connectivity index (χ3n) is 6.88. The van der Waals surface area contributed by atoms with Crippen molar-refractivity contribution in [2.24, 2.45) is 0 Å². The van der Waals surface area contributed by atoms with Gasteiger partial charge >= 0.3 is 0 Å². The van der Waals surface area contributed by atoms with Gasteiger partial charge in [0, 0.05) is 19.5 Å². The molecule has 2 amide bonds. The van der Waals surface area contributed by atoms with Crippen LogP contribution in [0.5, 0.6) is 17.2 Å². The van der Waals surface area contributed by atoms with E-state index in [9.17, 15) is 9.59 Å². The zero-order valence-corrected chi connectivity index (χ0v) is 22.4. The van der Waals surface area contributed by atoms with Crippen LogP contribution in [0.4, 0.5) is 0 Å². The Bertz CT molecular complexity index is 1420. The molecule has 0 aliphatic carbocycles. The van der Waals surface area contributed by atoms with Crippen molar-refractivity contribution in [3.63, 3.8) is 0 Å². The molecule has 1 N–H and O–H groups in total. The summed E-state index contributed by atoms with van der Waals surface area (Å²) in [5, 5.41) is 3.05. The van der Waals surface area contributed by atoms with Crippen molar-refractivity contribution in [3.8, 4) is 17.2 Å². The van der Waals surface area contributed by atoms with Crippen LogP contribution in [0.2, 0.25) is 0 Å². The predicted molar refractivity (Wildman–Crippen MR) is 152 cm³/mol. The second kappa shape index (κ2) is 12.8. The van der Waals surface area contributed by atoms with E-state index in [1.54, 1.807) is 12.0 Å². The number of fused-ring (bicyclic) bond motifs is 1. The number of methoxy groups -OCH3 is 1. The van der Waals surface area contributed by atoms with E-state index in [4.69, 9.17) is 14.2 Å². The molecule has 204 valence electrons. The molecule has 0 saturated heterocycles. The number of nitrogens with zero attached hydrogens (tertiary/aromatic N) is 1. The van der Waals surface area contributed by atoms with Gasteiger partial charge in [-0.15, -0.1) is 0 Å². The summed E-state index contributed by atoms with van der Waals surface area (Å²) in [4.78, 5) is 29.4. The summed E-state index contributed by atoms with van der Waals surface area (Å²) in [6.45, 7) is 0.745. The largest absolute Gasteiger partial charge is 0.497 e. The lowest BCUT2D eigenvalue weighted by Crippen LogP contribution is -2.43. The monoisotopic (exact) mass is 536 g/mol. The Morgan fingerprint density at radius 3 is 2.23 bits per heavy atom. The van der Waals surface area contributed by atoms with Crippen LogP contribution in [0.3, 0.4) is 0 Å². The van der Waals surface area contributed by atoms with Crippen molar-refractivity contribution >= 4 is 11.8 Å². The maximum Gasteiger partial charge on any atom is 0.247 e. The smallest absolute Gasteiger partial charge is 0.247 e. The lowest BCUT2D eigenvalue weighted by atomic mass is 10.0. The Balaban J connectivity index is 1.41. The fourth-order valence-electron chi connectivity index (χ4n) is 4.74. The van der Waals surface area contributed by atoms with Gasteiger partial charge in [-0.25, -0.2) is 0 Å². The molecule has 1 heterocycles. The lowest BCUT2D eigenvalue weighted by Gasteiger charge is -2.32. The number of hydrogen-bond donors (Lipinski definition) is 1. The first-order valence-corrected chi connectivity index (χ1v) is 13.3. The molecule has 0 spiro atoms. The average molecular weight is 537 g/mol. The molecule has 0 aromatic heterocycles. The number of nitrogens with one attached hydrogen (secondary N) is 1. The molecule has 0 fully saturated rings. The van der Waals surface area contributed by atoms with E-state index in [1.807, 2.05) is 103 Å². The van der Waals surface area contributed by atoms with Crippen LogP contribution in [0, 0.1) is 0 Å². The molecule has 7 heteroatoms. The van der Waals surface area contributed by atoms with Gasteiger partial charge < -0.3 is 24.4 Å². The molecule has 4 aromatic carbocycles. The zero-order valence-electron chi connectivity index (χ0n) is 22.4. The van der Waals surface area contributed by atoms with E-state index < -0.39 is 6.04 Å². The minimum Gasteiger partial charge on any atom is -0.497 e. The quantitative estimate of drug-likeness (QED) is 0.276. The highest BCUT2D eigenvalue weighted by molar-refractivity contribution is 5.89. The Kier molecular flexibility index (Phi) is 8.61. The van der Waals surface area contributed by atoms with E-state index in [0.717, 1.165) is 28.0 Å². The van der Waals surface area contributed by atoms with Crippen molar-refractivity contribution in [1.29, 1.82) is 0 Å². The molecule has 5 rings (SSSR count). The molecule has 4 aromatic rings. The Labute approximate surface area is 234 Å². The first-order valence-electron chi connectivity index (χ1n) is 13.3. The molecule has 0 saturated carbocycles. The third kappa shape index (κ3) is 6.61. The summed E-state index contributed by atoms with van der Waals surface area (Å²) in [7, 11) is 1.62. The molecule has 1 unspecified atom stereocenters. The highest BCUT2D eigenvalue weighted by Crippen LogP contribution is 2.32. The molecule has 1 aliphatic rings. The molecule has 1 aliphatic heterocycles. The Hall–Kier alpha value is -4.78. The first kappa shape index (κ1) is 26.8. The van der Waals surface area contributed by atoms with Gasteiger partial charge in [0.1, 0.15) is 11.8 Å². The molecular weight excluding hydrogens is 504 g/mol. The van der Waals surface area contributed by atoms with E-state index in [-0.39, 0.29) is 38.1 Å². The van der Waals surface area contributed by atoms with Gasteiger partial charge in [0.05, 0.1) is 7.11 Å². The maximum absolute atomic E-state index is 13.9. The van der Waals surface area contributed by atoms with Gasteiger partial charge in [-0.3, -0.25) is 9.59 Å². The minimum atomic E-state index is -0.819. The van der Waals surface area contributed by atoms with Crippen LogP contribution < -0.4 is 19.5 Å². The van der Waals surface area contributed by atoms with Gasteiger partial charge in [-0.2, -0.15) is 0 Å². The summed E-state index contributed by atoms with van der Waals surface area (Å²) >= 11 is 0. The first-order chi connectivity index (χ1) is 19.6. The fraction of sp³-hybridized carbons (Fsp3) is 0.212. The van der Waals surface area contributed by atoms with Crippen LogP contribution in [-0.2, 0) is 29.1 Å². The number of carbonyl (C=O) groups is 2. The zero-order chi connectivity index (χ0) is 27.7. The van der Waals surface area contributed by atoms with Gasteiger partial charge in [0.25, 0.3) is 0 Å². The van der Waals surface area contributed by atoms with Gasteiger partial charge in [-0.1, -0.05) is 78.9 Å². The number of benzene rings is 4. The number of ether oxygens (including phenoxy) is 3. The van der Waals surface area contributed by atoms with Crippen LogP contribution in [0.1, 0.15) is 34.7 Å². The average Bonchev–Trinajstić information content (AvgIpc) is 3.48. The van der Waals surface area contributed by atoms with Gasteiger partial charge in [-0.05, 0) is 52.9 Å². The highest BCUT2D eigenvalue weighted by atomic mass is 16.7. The Morgan fingerprint density at radius 2 is 1.50 bits per heavy atom. The van der Waals surface area contributed by atoms with Crippen molar-refractivity contribution in [1.82, 2.24) is 10.2 Å². The van der Waals surface area contributed by atoms with E-state index in [2.05, 4.69) is 5.32 Å². The summed E-state index contributed by atoms with van der Waals surface area (Å²) < 4.78 is 16.2. The number of aryl methyl sites for hydroxylation is 1. The summed E-state index contributed by atoms with van der Waals surface area (Å²) in [6, 6.07) is 31.7. The van der Waals surface area contributed by atoms with Crippen LogP contribution in [0.25, 0.3) is 0 Å². The minimum absolute atomic E-state index is 0.105. The van der Waals surface area contributed by atoms with Gasteiger partial charge in [0.15, 0.2) is 11.5 Å². The fourth-order valence-corrected chi connectivity index (χ4v) is 4.74. The molecule has 0 radical (unpaired) electrons. The molecule has 1 atom stereocenters. The predicted octanol–water partition coefficient (Wildman–Crippen LogP) is 5.44. The second-order valence-electron chi connectivity index (χ2n) is 9.57. The molecule has 7 nitrogen and oxygen atoms in total. The van der Waals surface area contributed by atoms with Crippen LogP contribution in [-0.4, -0.2) is 30.6 Å². The summed E-state index contributed by atoms with van der Waals surface area (Å²) in [5.74, 6) is 1.71. The van der Waals surface area contributed by atoms with Crippen LogP contribution >= 0.6 is 0 Å². The molecular formula is C33H32N2O5. The van der Waals surface area contributed by atoms with E-state index in [0.29, 0.717) is 17.9 Å². The molecule has 0 bridgehead atoms. The lowest BCUT2D eigenvalue weighted by molar-refractivity contribution is -0.141. The number of rotatable bonds is 11. The number of amides is 2. The van der Waals surface area contributed by atoms with Crippen LogP contribution in [0.15, 0.2) is 103 Å². The number of carbonyl (C=O) groups excluding carboxylic acids is 2. The third-order valence-corrected chi connectivity index (χ3v) is 6.88. The second-order valence-corrected chi connectivity index (χ2v) is 9.57. The summed E-state index contributed by atoms with van der Waals surface area (Å²) in [6.07, 6.45) is 0.859. The summed E-state index contributed by atoms with van der Waals surface area (Å²) in [5.41, 5.74) is 3.59. The standard InChI is InChI=1S/C33H32N2O5/c1-38-28-16-12-25(13-17-28)22-35(31(36)19-15-24-8-4-2-5-9-24)32(27-10-6-3-7-11-27)33(37)34-21-26-14-18-29-30(20-26)40-23-39-29/h2-14,16-18,20,32H,15,19,21-23H2,1H3,(H,34,37). The van der Waals surface area contributed by atoms with E-state index in [1.165, 1.54) is 0 Å². The van der Waals surface area contributed by atoms with Gasteiger partial charge in [0.2, 0.25) is 18.6 Å². The topological polar surface area (TPSA) is 77.1 Å². The van der Waals surface area contributed by atoms with Crippen molar-refractivity contribution in [3.05, 3.63) is 125 Å². The molecule has 40 heavy (non-hydrogen) atoms. The SMILES string of the molecule is COc1ccc(CN(C(=O)CCc2ccccc2)C(C(=O)NCc2ccc3c(c2)OCO3)c2ccccc2)cc1. The normalized spacial score (nSPS) is 12.4. The maximum atomic E-state index is 13.9. The Morgan fingerprint density at radius 1 is 0.825 bits per heavy atom. The van der Waals surface area contributed by atoms with E-state index >= 15 is 0 Å². The number of hydrogen-bond acceptors (Lipinski definition) is 5. The highest BCUT2D eigenvalue weighted by Gasteiger charge is 2.31. The van der Waals surface area contributed by atoms with Crippen molar-refractivity contribution in [2.75, 3.05) is 13.9 Å². The van der Waals surface area contributed by atoms with Crippen molar-refractivity contribution in [2.45, 2.75) is 32.0 Å². The van der Waals surface area contributed by atoms with Crippen molar-refractivity contribution < 1.29 is 23.8 Å².